The number of hydrogen-bond donors (Lipinski definition) is 2. The van der Waals surface area contributed by atoms with Gasteiger partial charge in [-0.3, -0.25) is 0 Å². The summed E-state index contributed by atoms with van der Waals surface area (Å²) >= 11 is 3.26. The first-order valence-electron chi connectivity index (χ1n) is 9.89. The van der Waals surface area contributed by atoms with Gasteiger partial charge in [-0.15, -0.1) is 0 Å². The van der Waals surface area contributed by atoms with Crippen molar-refractivity contribution in [3.8, 4) is 22.4 Å². The number of aromatic nitrogens is 3. The van der Waals surface area contributed by atoms with Gasteiger partial charge in [0.25, 0.3) is 0 Å². The van der Waals surface area contributed by atoms with Crippen LogP contribution in [0.4, 0.5) is 10.2 Å². The summed E-state index contributed by atoms with van der Waals surface area (Å²) < 4.78 is 20.0. The summed E-state index contributed by atoms with van der Waals surface area (Å²) in [5.41, 5.74) is 11.0. The lowest BCUT2D eigenvalue weighted by molar-refractivity contribution is 0.0277. The van der Waals surface area contributed by atoms with Gasteiger partial charge in [-0.25, -0.2) is 19.3 Å². The molecule has 2 aromatic heterocycles. The van der Waals surface area contributed by atoms with Gasteiger partial charge in [0.1, 0.15) is 18.0 Å². The highest BCUT2D eigenvalue weighted by Gasteiger charge is 2.17. The molecule has 8 heteroatoms. The van der Waals surface area contributed by atoms with Gasteiger partial charge in [-0.05, 0) is 50.8 Å². The molecule has 156 valence electrons. The van der Waals surface area contributed by atoms with Crippen molar-refractivity contribution >= 4 is 32.8 Å². The molecular weight excluding hydrogens is 461 g/mol. The number of anilines is 1. The SMILES string of the molecule is Nc1ncnc2nc(-c3ccc(C4CNCCO4)cc3)cc(-c3ccc(F)c(Br)c3)c12. The maximum Gasteiger partial charge on any atom is 0.165 e. The summed E-state index contributed by atoms with van der Waals surface area (Å²) in [7, 11) is 0. The minimum Gasteiger partial charge on any atom is -0.383 e. The normalized spacial score (nSPS) is 16.5. The number of pyridine rings is 1. The van der Waals surface area contributed by atoms with Crippen LogP contribution in [0.3, 0.4) is 0 Å². The summed E-state index contributed by atoms with van der Waals surface area (Å²) in [4.78, 5) is 13.2. The van der Waals surface area contributed by atoms with E-state index in [1.807, 2.05) is 18.2 Å². The quantitative estimate of drug-likeness (QED) is 0.449. The number of fused-ring (bicyclic) bond motifs is 1. The zero-order valence-electron chi connectivity index (χ0n) is 16.5. The molecule has 3 N–H and O–H groups in total. The van der Waals surface area contributed by atoms with Crippen LogP contribution in [0.15, 0.2) is 59.3 Å². The standard InChI is InChI=1S/C23H19BrFN5O/c24-17-9-15(5-6-18(17)25)16-10-19(30-23-21(16)22(26)28-12-29-23)13-1-3-14(4-2-13)20-11-27-7-8-31-20/h1-6,9-10,12,20,27H,7-8,11H2,(H2,26,28,29,30). The maximum atomic E-state index is 13.8. The number of nitrogen functional groups attached to an aromatic ring is 1. The van der Waals surface area contributed by atoms with Crippen LogP contribution in [-0.4, -0.2) is 34.6 Å². The Hall–Kier alpha value is -2.94. The van der Waals surface area contributed by atoms with E-state index in [0.29, 0.717) is 27.9 Å². The molecule has 0 amide bonds. The van der Waals surface area contributed by atoms with Crippen LogP contribution < -0.4 is 11.1 Å². The second kappa shape index (κ2) is 8.30. The van der Waals surface area contributed by atoms with Crippen LogP contribution in [0.1, 0.15) is 11.7 Å². The van der Waals surface area contributed by atoms with E-state index in [4.69, 9.17) is 15.5 Å². The summed E-state index contributed by atoms with van der Waals surface area (Å²) in [6.45, 7) is 2.38. The molecule has 4 aromatic rings. The van der Waals surface area contributed by atoms with Gasteiger partial charge < -0.3 is 15.8 Å². The summed E-state index contributed by atoms with van der Waals surface area (Å²) in [5, 5.41) is 3.99. The van der Waals surface area contributed by atoms with E-state index in [1.54, 1.807) is 12.1 Å². The smallest absolute Gasteiger partial charge is 0.165 e. The number of hydrogen-bond acceptors (Lipinski definition) is 6. The zero-order valence-corrected chi connectivity index (χ0v) is 18.1. The molecule has 6 nitrogen and oxygen atoms in total. The summed E-state index contributed by atoms with van der Waals surface area (Å²) in [5.74, 6) is -0.00152. The third-order valence-electron chi connectivity index (χ3n) is 5.37. The van der Waals surface area contributed by atoms with E-state index >= 15 is 0 Å². The predicted octanol–water partition coefficient (Wildman–Crippen LogP) is 4.50. The predicted molar refractivity (Wildman–Crippen MR) is 122 cm³/mol. The Kier molecular flexibility index (Phi) is 5.35. The fourth-order valence-electron chi connectivity index (χ4n) is 3.78. The molecule has 0 aliphatic carbocycles. The average molecular weight is 480 g/mol. The van der Waals surface area contributed by atoms with E-state index in [-0.39, 0.29) is 11.9 Å². The number of rotatable bonds is 3. The fraction of sp³-hybridized carbons (Fsp3) is 0.174. The van der Waals surface area contributed by atoms with Gasteiger partial charge in [0.05, 0.1) is 28.3 Å². The second-order valence-corrected chi connectivity index (χ2v) is 8.18. The third-order valence-corrected chi connectivity index (χ3v) is 5.98. The monoisotopic (exact) mass is 479 g/mol. The molecule has 1 fully saturated rings. The van der Waals surface area contributed by atoms with Crippen LogP contribution in [-0.2, 0) is 4.74 Å². The zero-order chi connectivity index (χ0) is 21.4. The minimum atomic E-state index is -0.332. The molecule has 31 heavy (non-hydrogen) atoms. The topological polar surface area (TPSA) is 86.0 Å². The first kappa shape index (κ1) is 20.0. The Labute approximate surface area is 186 Å². The van der Waals surface area contributed by atoms with Crippen molar-refractivity contribution in [2.45, 2.75) is 6.10 Å². The van der Waals surface area contributed by atoms with Gasteiger partial charge in [-0.1, -0.05) is 30.3 Å². The van der Waals surface area contributed by atoms with Crippen molar-refractivity contribution in [3.63, 3.8) is 0 Å². The van der Waals surface area contributed by atoms with Crippen LogP contribution >= 0.6 is 15.9 Å². The van der Waals surface area contributed by atoms with Crippen LogP contribution in [0.5, 0.6) is 0 Å². The highest BCUT2D eigenvalue weighted by Crippen LogP contribution is 2.35. The van der Waals surface area contributed by atoms with Gasteiger partial charge in [0, 0.05) is 18.7 Å². The summed E-state index contributed by atoms with van der Waals surface area (Å²) in [6.07, 6.45) is 1.45. The average Bonchev–Trinajstić information content (AvgIpc) is 2.81. The van der Waals surface area contributed by atoms with Crippen molar-refractivity contribution in [3.05, 3.63) is 70.7 Å². The van der Waals surface area contributed by atoms with E-state index in [9.17, 15) is 4.39 Å². The lowest BCUT2D eigenvalue weighted by atomic mass is 9.98. The molecule has 0 saturated carbocycles. The number of nitrogens with one attached hydrogen (secondary N) is 1. The number of benzene rings is 2. The molecule has 0 bridgehead atoms. The molecule has 5 rings (SSSR count). The summed E-state index contributed by atoms with van der Waals surface area (Å²) in [6, 6.07) is 14.9. The second-order valence-electron chi connectivity index (χ2n) is 7.33. The fourth-order valence-corrected chi connectivity index (χ4v) is 4.15. The Bertz CT molecular complexity index is 1260. The van der Waals surface area contributed by atoms with E-state index < -0.39 is 0 Å². The molecule has 1 saturated heterocycles. The number of ether oxygens (including phenoxy) is 1. The first-order chi connectivity index (χ1) is 15.1. The number of halogens is 2. The molecule has 1 aliphatic rings. The molecule has 0 spiro atoms. The van der Waals surface area contributed by atoms with E-state index in [1.165, 1.54) is 12.4 Å². The van der Waals surface area contributed by atoms with Crippen LogP contribution in [0, 0.1) is 5.82 Å². The van der Waals surface area contributed by atoms with Crippen LogP contribution in [0.2, 0.25) is 0 Å². The molecule has 1 unspecified atom stereocenters. The molecule has 0 radical (unpaired) electrons. The third kappa shape index (κ3) is 3.89. The first-order valence-corrected chi connectivity index (χ1v) is 10.7. The Morgan fingerprint density at radius 2 is 1.87 bits per heavy atom. The van der Waals surface area contributed by atoms with Crippen molar-refractivity contribution < 1.29 is 9.13 Å². The lowest BCUT2D eigenvalue weighted by Gasteiger charge is -2.24. The van der Waals surface area contributed by atoms with E-state index in [0.717, 1.165) is 41.0 Å². The Morgan fingerprint density at radius 1 is 1.06 bits per heavy atom. The van der Waals surface area contributed by atoms with Crippen molar-refractivity contribution in [2.24, 2.45) is 0 Å². The number of nitrogens with two attached hydrogens (primary N) is 1. The van der Waals surface area contributed by atoms with Gasteiger partial charge in [0.2, 0.25) is 0 Å². The molecule has 2 aromatic carbocycles. The highest BCUT2D eigenvalue weighted by molar-refractivity contribution is 9.10. The Morgan fingerprint density at radius 3 is 2.61 bits per heavy atom. The molecule has 3 heterocycles. The molecular formula is C23H19BrFN5O. The largest absolute Gasteiger partial charge is 0.383 e. The van der Waals surface area contributed by atoms with Gasteiger partial charge in [0.15, 0.2) is 5.65 Å². The van der Waals surface area contributed by atoms with Crippen molar-refractivity contribution in [1.82, 2.24) is 20.3 Å². The number of nitrogens with zero attached hydrogens (tertiary/aromatic N) is 3. The lowest BCUT2D eigenvalue weighted by Crippen LogP contribution is -2.33. The minimum absolute atomic E-state index is 0.0482. The van der Waals surface area contributed by atoms with Crippen molar-refractivity contribution in [1.29, 1.82) is 0 Å². The van der Waals surface area contributed by atoms with Crippen LogP contribution in [0.25, 0.3) is 33.4 Å². The van der Waals surface area contributed by atoms with Gasteiger partial charge >= 0.3 is 0 Å². The highest BCUT2D eigenvalue weighted by atomic mass is 79.9. The Balaban J connectivity index is 1.62. The van der Waals surface area contributed by atoms with Crippen molar-refractivity contribution in [2.75, 3.05) is 25.4 Å². The van der Waals surface area contributed by atoms with E-state index in [2.05, 4.69) is 43.3 Å². The van der Waals surface area contributed by atoms with Gasteiger partial charge in [-0.2, -0.15) is 0 Å². The maximum absolute atomic E-state index is 13.8. The molecule has 1 aliphatic heterocycles. The molecule has 1 atom stereocenters. The number of morpholine rings is 1.